The van der Waals surface area contributed by atoms with E-state index in [1.165, 1.54) is 12.1 Å². The lowest BCUT2D eigenvalue weighted by molar-refractivity contribution is -0.136. The fourth-order valence-electron chi connectivity index (χ4n) is 2.39. The van der Waals surface area contributed by atoms with Gasteiger partial charge in [0.25, 0.3) is 0 Å². The molecule has 0 radical (unpaired) electrons. The van der Waals surface area contributed by atoms with E-state index in [9.17, 15) is 18.0 Å². The molecule has 5 nitrogen and oxygen atoms in total. The summed E-state index contributed by atoms with van der Waals surface area (Å²) in [4.78, 5) is 11.5. The number of urea groups is 1. The summed E-state index contributed by atoms with van der Waals surface area (Å²) in [5.74, 6) is 0. The maximum atomic E-state index is 13.5. The zero-order valence-corrected chi connectivity index (χ0v) is 14.9. The monoisotopic (exact) mass is 358 g/mol. The van der Waals surface area contributed by atoms with Crippen LogP contribution in [0.4, 0.5) is 23.7 Å². The van der Waals surface area contributed by atoms with Crippen molar-refractivity contribution in [2.45, 2.75) is 52.0 Å². The van der Waals surface area contributed by atoms with E-state index >= 15 is 0 Å². The van der Waals surface area contributed by atoms with Gasteiger partial charge in [0, 0.05) is 12.2 Å². The number of halogens is 3. The smallest absolute Gasteiger partial charge is 0.399 e. The van der Waals surface area contributed by atoms with Crippen LogP contribution in [-0.2, 0) is 15.5 Å². The summed E-state index contributed by atoms with van der Waals surface area (Å²) in [6.45, 7) is 9.15. The molecule has 1 fully saturated rings. The molecule has 0 bridgehead atoms. The highest BCUT2D eigenvalue weighted by Crippen LogP contribution is 2.38. The second kappa shape index (κ2) is 6.53. The van der Waals surface area contributed by atoms with Crippen molar-refractivity contribution in [2.75, 3.05) is 11.9 Å². The molecule has 0 aliphatic carbocycles. The number of hydrogen-bond acceptors (Lipinski definition) is 3. The summed E-state index contributed by atoms with van der Waals surface area (Å²) in [5, 5.41) is 4.84. The first kappa shape index (κ1) is 19.6. The molecule has 0 unspecified atom stereocenters. The third-order valence-corrected chi connectivity index (χ3v) is 4.46. The summed E-state index contributed by atoms with van der Waals surface area (Å²) >= 11 is 0. The molecule has 2 amide bonds. The fraction of sp³-hybridized carbons (Fsp3) is 0.562. The highest BCUT2D eigenvalue weighted by Gasteiger charge is 2.53. The van der Waals surface area contributed by atoms with Crippen LogP contribution in [0.15, 0.2) is 18.2 Å². The van der Waals surface area contributed by atoms with Crippen molar-refractivity contribution in [3.8, 4) is 0 Å². The fourth-order valence-corrected chi connectivity index (χ4v) is 2.39. The van der Waals surface area contributed by atoms with E-state index in [1.54, 1.807) is 34.6 Å². The van der Waals surface area contributed by atoms with E-state index in [2.05, 4.69) is 10.6 Å². The zero-order chi connectivity index (χ0) is 19.0. The number of carbonyl (C=O) groups excluding carboxylic acids is 1. The largest absolute Gasteiger partial charge is 0.495 e. The molecule has 1 aromatic carbocycles. The summed E-state index contributed by atoms with van der Waals surface area (Å²) in [7, 11) is -1.14. The average molecular weight is 358 g/mol. The van der Waals surface area contributed by atoms with Gasteiger partial charge in [-0.25, -0.2) is 4.79 Å². The van der Waals surface area contributed by atoms with Crippen LogP contribution in [0.5, 0.6) is 0 Å². The minimum atomic E-state index is -4.61. The van der Waals surface area contributed by atoms with Crippen LogP contribution in [0.2, 0.25) is 0 Å². The van der Waals surface area contributed by atoms with E-state index < -0.39 is 36.1 Å². The Balaban J connectivity index is 2.38. The van der Waals surface area contributed by atoms with Crippen molar-refractivity contribution < 1.29 is 27.3 Å². The minimum Gasteiger partial charge on any atom is -0.399 e. The Morgan fingerprint density at radius 1 is 1.16 bits per heavy atom. The number of nitrogens with one attached hydrogen (secondary N) is 2. The van der Waals surface area contributed by atoms with Crippen LogP contribution >= 0.6 is 0 Å². The molecule has 1 aliphatic rings. The molecule has 0 saturated carbocycles. The van der Waals surface area contributed by atoms with Crippen LogP contribution in [-0.4, -0.2) is 30.9 Å². The maximum absolute atomic E-state index is 13.5. The molecule has 25 heavy (non-hydrogen) atoms. The van der Waals surface area contributed by atoms with Gasteiger partial charge >= 0.3 is 19.3 Å². The third-order valence-electron chi connectivity index (χ3n) is 4.46. The van der Waals surface area contributed by atoms with E-state index in [-0.39, 0.29) is 11.2 Å². The number of benzene rings is 1. The second-order valence-electron chi connectivity index (χ2n) is 6.87. The quantitative estimate of drug-likeness (QED) is 0.817. The summed E-state index contributed by atoms with van der Waals surface area (Å²) in [6, 6.07) is 2.98. The number of alkyl halides is 3. The van der Waals surface area contributed by atoms with E-state index in [1.807, 2.05) is 0 Å². The Bertz CT molecular complexity index is 647. The number of anilines is 1. The highest BCUT2D eigenvalue weighted by atomic mass is 19.4. The van der Waals surface area contributed by atoms with Gasteiger partial charge in [-0.2, -0.15) is 13.2 Å². The first-order chi connectivity index (χ1) is 11.4. The van der Waals surface area contributed by atoms with Crippen molar-refractivity contribution in [1.82, 2.24) is 5.32 Å². The van der Waals surface area contributed by atoms with Gasteiger partial charge < -0.3 is 19.9 Å². The van der Waals surface area contributed by atoms with Gasteiger partial charge in [-0.3, -0.25) is 0 Å². The van der Waals surface area contributed by atoms with Gasteiger partial charge in [0.05, 0.1) is 16.8 Å². The predicted octanol–water partition coefficient (Wildman–Crippen LogP) is 3.15. The van der Waals surface area contributed by atoms with E-state index in [4.69, 9.17) is 9.31 Å². The number of amides is 2. The van der Waals surface area contributed by atoms with Crippen LogP contribution < -0.4 is 16.1 Å². The predicted molar refractivity (Wildman–Crippen MR) is 89.9 cm³/mol. The Morgan fingerprint density at radius 3 is 2.20 bits per heavy atom. The van der Waals surface area contributed by atoms with Gasteiger partial charge in [-0.1, -0.05) is 6.07 Å². The SMILES string of the molecule is CCNC(=O)Nc1ccc(B2OC(C)(C)C(C)(C)O2)c(C(F)(F)F)c1. The van der Waals surface area contributed by atoms with Crippen LogP contribution in [0.1, 0.15) is 40.2 Å². The van der Waals surface area contributed by atoms with Crippen molar-refractivity contribution in [2.24, 2.45) is 0 Å². The van der Waals surface area contributed by atoms with E-state index in [0.29, 0.717) is 6.54 Å². The molecule has 1 saturated heterocycles. The Labute approximate surface area is 145 Å². The molecule has 1 aliphatic heterocycles. The summed E-state index contributed by atoms with van der Waals surface area (Å²) in [5.41, 5.74) is -2.48. The normalized spacial score (nSPS) is 19.0. The summed E-state index contributed by atoms with van der Waals surface area (Å²) in [6.07, 6.45) is -4.61. The molecular weight excluding hydrogens is 336 g/mol. The molecule has 0 aromatic heterocycles. The molecule has 2 rings (SSSR count). The lowest BCUT2D eigenvalue weighted by atomic mass is 9.75. The molecule has 0 spiro atoms. The van der Waals surface area contributed by atoms with Gasteiger partial charge in [-0.15, -0.1) is 0 Å². The topological polar surface area (TPSA) is 59.6 Å². The van der Waals surface area contributed by atoms with Gasteiger partial charge in [-0.05, 0) is 52.2 Å². The number of hydrogen-bond donors (Lipinski definition) is 2. The van der Waals surface area contributed by atoms with Crippen molar-refractivity contribution in [3.05, 3.63) is 23.8 Å². The lowest BCUT2D eigenvalue weighted by Gasteiger charge is -2.32. The molecule has 1 aromatic rings. The molecule has 1 heterocycles. The maximum Gasteiger partial charge on any atom is 0.495 e. The molecule has 2 N–H and O–H groups in total. The first-order valence-corrected chi connectivity index (χ1v) is 7.99. The van der Waals surface area contributed by atoms with Crippen molar-refractivity contribution in [3.63, 3.8) is 0 Å². The van der Waals surface area contributed by atoms with Gasteiger partial charge in [0.15, 0.2) is 0 Å². The van der Waals surface area contributed by atoms with E-state index in [0.717, 1.165) is 6.07 Å². The lowest BCUT2D eigenvalue weighted by Crippen LogP contribution is -2.41. The number of rotatable bonds is 3. The van der Waals surface area contributed by atoms with Crippen LogP contribution in [0, 0.1) is 0 Å². The Kier molecular flexibility index (Phi) is 5.12. The molecular formula is C16H22BF3N2O3. The van der Waals surface area contributed by atoms with Crippen LogP contribution in [0.25, 0.3) is 0 Å². The number of carbonyl (C=O) groups is 1. The minimum absolute atomic E-state index is 0.0403. The third kappa shape index (κ3) is 4.09. The second-order valence-corrected chi connectivity index (χ2v) is 6.87. The molecule has 0 atom stereocenters. The summed E-state index contributed by atoms with van der Waals surface area (Å²) < 4.78 is 52.0. The zero-order valence-electron chi connectivity index (χ0n) is 14.9. The van der Waals surface area contributed by atoms with Crippen molar-refractivity contribution >= 4 is 24.3 Å². The van der Waals surface area contributed by atoms with Crippen molar-refractivity contribution in [1.29, 1.82) is 0 Å². The first-order valence-electron chi connectivity index (χ1n) is 7.99. The Hall–Kier alpha value is -1.74. The van der Waals surface area contributed by atoms with Crippen LogP contribution in [0.3, 0.4) is 0 Å². The van der Waals surface area contributed by atoms with Gasteiger partial charge in [0.1, 0.15) is 0 Å². The standard InChI is InChI=1S/C16H22BF3N2O3/c1-6-21-13(23)22-10-7-8-12(11(9-10)16(18,19)20)17-24-14(2,3)15(4,5)25-17/h7-9H,6H2,1-5H3,(H2,21,22,23). The van der Waals surface area contributed by atoms with Gasteiger partial charge in [0.2, 0.25) is 0 Å². The molecule has 138 valence electrons. The average Bonchev–Trinajstić information content (AvgIpc) is 2.66. The highest BCUT2D eigenvalue weighted by molar-refractivity contribution is 6.62. The Morgan fingerprint density at radius 2 is 1.72 bits per heavy atom. The molecule has 9 heteroatoms.